The SMILES string of the molecule is CC[C@H]1[C@@H](O)[C@H]2C3CC[C@H]([C@H](C)C(=O)O)[C@@]3(C)CCC2[C@@]2(C)CCC(O[Si](C)(C)C(C)(C)C)C[C@@H]12. The number of fused-ring (bicyclic) bond motifs is 5. The molecule has 202 valence electrons. The zero-order valence-electron chi connectivity index (χ0n) is 24.1. The van der Waals surface area contributed by atoms with E-state index in [2.05, 4.69) is 54.6 Å². The number of aliphatic hydroxyl groups excluding tert-OH is 1. The molecule has 0 amide bonds. The number of hydrogen-bond donors (Lipinski definition) is 2. The molecule has 35 heavy (non-hydrogen) atoms. The minimum Gasteiger partial charge on any atom is -0.481 e. The van der Waals surface area contributed by atoms with Crippen LogP contribution in [0.3, 0.4) is 0 Å². The summed E-state index contributed by atoms with van der Waals surface area (Å²) in [5, 5.41) is 22.0. The predicted octanol–water partition coefficient (Wildman–Crippen LogP) is 7.36. The van der Waals surface area contributed by atoms with Crippen molar-refractivity contribution in [3.05, 3.63) is 0 Å². The normalized spacial score (nSPS) is 46.9. The van der Waals surface area contributed by atoms with Gasteiger partial charge in [-0.25, -0.2) is 0 Å². The van der Waals surface area contributed by atoms with Gasteiger partial charge in [0.2, 0.25) is 0 Å². The predicted molar refractivity (Wildman–Crippen MR) is 145 cm³/mol. The minimum atomic E-state index is -1.82. The van der Waals surface area contributed by atoms with Gasteiger partial charge in [0.25, 0.3) is 0 Å². The fourth-order valence-corrected chi connectivity index (χ4v) is 11.1. The van der Waals surface area contributed by atoms with E-state index in [1.165, 1.54) is 6.42 Å². The zero-order chi connectivity index (χ0) is 26.1. The van der Waals surface area contributed by atoms with Crippen molar-refractivity contribution in [3.8, 4) is 0 Å². The van der Waals surface area contributed by atoms with Crippen LogP contribution in [0, 0.1) is 52.3 Å². The lowest BCUT2D eigenvalue weighted by Crippen LogP contribution is -2.62. The second kappa shape index (κ2) is 9.12. The van der Waals surface area contributed by atoms with Crippen LogP contribution in [0.4, 0.5) is 0 Å². The van der Waals surface area contributed by atoms with E-state index in [4.69, 9.17) is 4.43 Å². The van der Waals surface area contributed by atoms with Crippen LogP contribution < -0.4 is 0 Å². The molecule has 0 aromatic rings. The molecule has 4 aliphatic carbocycles. The van der Waals surface area contributed by atoms with Crippen LogP contribution in [0.1, 0.15) is 99.8 Å². The fraction of sp³-hybridized carbons (Fsp3) is 0.967. The van der Waals surface area contributed by atoms with Crippen molar-refractivity contribution >= 4 is 14.3 Å². The van der Waals surface area contributed by atoms with Crippen molar-refractivity contribution in [2.24, 2.45) is 52.3 Å². The van der Waals surface area contributed by atoms with Crippen molar-refractivity contribution in [1.82, 2.24) is 0 Å². The summed E-state index contributed by atoms with van der Waals surface area (Å²) in [6.45, 7) is 20.9. The maximum absolute atomic E-state index is 12.0. The number of aliphatic carboxylic acids is 1. The van der Waals surface area contributed by atoms with E-state index in [-0.39, 0.29) is 33.8 Å². The molecule has 0 aliphatic heterocycles. The van der Waals surface area contributed by atoms with Gasteiger partial charge in [0.05, 0.1) is 12.0 Å². The van der Waals surface area contributed by atoms with Crippen molar-refractivity contribution < 1.29 is 19.4 Å². The molecule has 3 unspecified atom stereocenters. The third-order valence-corrected chi connectivity index (χ3v) is 17.2. The van der Waals surface area contributed by atoms with Crippen LogP contribution in [-0.4, -0.2) is 36.7 Å². The molecule has 4 saturated carbocycles. The average molecular weight is 507 g/mol. The number of aliphatic hydroxyl groups is 1. The Labute approximate surface area is 216 Å². The standard InChI is InChI=1S/C30H54O4Si/c1-10-20-24-17-19(34-35(8,9)28(3,4)5)13-15-30(24,7)23-14-16-29(6)21(18(2)27(32)33)11-12-22(29)25(23)26(20)31/h18-26,31H,10-17H2,1-9H3,(H,32,33)/t18-,19?,20+,21+,22?,23?,24-,25-,26+,29+,30+/m0/s1. The Morgan fingerprint density at radius 1 is 1.03 bits per heavy atom. The molecule has 11 atom stereocenters. The zero-order valence-corrected chi connectivity index (χ0v) is 25.1. The molecule has 0 heterocycles. The molecule has 0 radical (unpaired) electrons. The van der Waals surface area contributed by atoms with E-state index in [1.807, 2.05) is 6.92 Å². The van der Waals surface area contributed by atoms with Gasteiger partial charge in [-0.1, -0.05) is 54.9 Å². The van der Waals surface area contributed by atoms with Gasteiger partial charge in [0, 0.05) is 6.10 Å². The number of carboxylic acid groups (broad SMARTS) is 1. The van der Waals surface area contributed by atoms with E-state index >= 15 is 0 Å². The fourth-order valence-electron chi connectivity index (χ4n) is 9.68. The molecular weight excluding hydrogens is 452 g/mol. The van der Waals surface area contributed by atoms with Crippen molar-refractivity contribution in [3.63, 3.8) is 0 Å². The molecule has 2 N–H and O–H groups in total. The second-order valence-electron chi connectivity index (χ2n) is 15.1. The Morgan fingerprint density at radius 3 is 2.20 bits per heavy atom. The maximum Gasteiger partial charge on any atom is 0.306 e. The van der Waals surface area contributed by atoms with Gasteiger partial charge in [-0.3, -0.25) is 4.79 Å². The van der Waals surface area contributed by atoms with Gasteiger partial charge >= 0.3 is 5.97 Å². The third kappa shape index (κ3) is 4.28. The Morgan fingerprint density at radius 2 is 1.63 bits per heavy atom. The highest BCUT2D eigenvalue weighted by Gasteiger charge is 2.65. The van der Waals surface area contributed by atoms with Gasteiger partial charge in [-0.15, -0.1) is 0 Å². The van der Waals surface area contributed by atoms with Gasteiger partial charge in [0.15, 0.2) is 8.32 Å². The van der Waals surface area contributed by atoms with Crippen molar-refractivity contribution in [1.29, 1.82) is 0 Å². The van der Waals surface area contributed by atoms with Crippen LogP contribution in [0.15, 0.2) is 0 Å². The molecule has 0 bridgehead atoms. The van der Waals surface area contributed by atoms with E-state index in [0.29, 0.717) is 35.7 Å². The van der Waals surface area contributed by atoms with Gasteiger partial charge in [0.1, 0.15) is 0 Å². The van der Waals surface area contributed by atoms with Crippen LogP contribution in [-0.2, 0) is 9.22 Å². The first-order valence-electron chi connectivity index (χ1n) is 14.7. The Kier molecular flexibility index (Phi) is 7.20. The summed E-state index contributed by atoms with van der Waals surface area (Å²) in [4.78, 5) is 11.9. The number of rotatable bonds is 5. The first-order chi connectivity index (χ1) is 16.1. The highest BCUT2D eigenvalue weighted by molar-refractivity contribution is 6.74. The molecule has 5 heteroatoms. The molecule has 0 aromatic carbocycles. The van der Waals surface area contributed by atoms with E-state index in [0.717, 1.165) is 44.9 Å². The van der Waals surface area contributed by atoms with Crippen molar-refractivity contribution in [2.45, 2.75) is 130 Å². The summed E-state index contributed by atoms with van der Waals surface area (Å²) >= 11 is 0. The summed E-state index contributed by atoms with van der Waals surface area (Å²) < 4.78 is 6.95. The Bertz CT molecular complexity index is 805. The minimum absolute atomic E-state index is 0.0457. The van der Waals surface area contributed by atoms with Crippen LogP contribution in [0.5, 0.6) is 0 Å². The van der Waals surface area contributed by atoms with Crippen LogP contribution in [0.2, 0.25) is 18.1 Å². The summed E-state index contributed by atoms with van der Waals surface area (Å²) in [6, 6.07) is 0. The highest BCUT2D eigenvalue weighted by atomic mass is 28.4. The summed E-state index contributed by atoms with van der Waals surface area (Å²) in [5.74, 6) is 1.46. The molecule has 4 rings (SSSR count). The summed E-state index contributed by atoms with van der Waals surface area (Å²) in [7, 11) is -1.82. The number of hydrogen-bond acceptors (Lipinski definition) is 3. The molecule has 4 fully saturated rings. The average Bonchev–Trinajstić information content (AvgIpc) is 3.10. The van der Waals surface area contributed by atoms with E-state index in [1.54, 1.807) is 0 Å². The number of carbonyl (C=O) groups is 1. The quantitative estimate of drug-likeness (QED) is 0.382. The first kappa shape index (κ1) is 27.6. The molecule has 0 spiro atoms. The molecule has 0 aromatic heterocycles. The lowest BCUT2D eigenvalue weighted by molar-refractivity contribution is -0.203. The molecule has 4 nitrogen and oxygen atoms in total. The van der Waals surface area contributed by atoms with E-state index < -0.39 is 14.3 Å². The van der Waals surface area contributed by atoms with Crippen LogP contribution >= 0.6 is 0 Å². The second-order valence-corrected chi connectivity index (χ2v) is 19.9. The Balaban J connectivity index is 1.61. The topological polar surface area (TPSA) is 66.8 Å². The third-order valence-electron chi connectivity index (χ3n) is 12.7. The molecule has 4 aliphatic rings. The summed E-state index contributed by atoms with van der Waals surface area (Å²) in [5.41, 5.74) is 0.305. The first-order valence-corrected chi connectivity index (χ1v) is 17.6. The number of carboxylic acids is 1. The van der Waals surface area contributed by atoms with Gasteiger partial charge < -0.3 is 14.6 Å². The largest absolute Gasteiger partial charge is 0.481 e. The smallest absolute Gasteiger partial charge is 0.306 e. The monoisotopic (exact) mass is 506 g/mol. The maximum atomic E-state index is 12.0. The summed E-state index contributed by atoms with van der Waals surface area (Å²) in [6.07, 6.45) is 8.90. The Hall–Kier alpha value is -0.393. The van der Waals surface area contributed by atoms with Gasteiger partial charge in [-0.2, -0.15) is 0 Å². The molecular formula is C30H54O4Si. The van der Waals surface area contributed by atoms with E-state index in [9.17, 15) is 15.0 Å². The van der Waals surface area contributed by atoms with Crippen LogP contribution in [0.25, 0.3) is 0 Å². The molecule has 0 saturated heterocycles. The lowest BCUT2D eigenvalue weighted by atomic mass is 9.41. The van der Waals surface area contributed by atoms with Gasteiger partial charge in [-0.05, 0) is 109 Å². The van der Waals surface area contributed by atoms with Crippen molar-refractivity contribution in [2.75, 3.05) is 0 Å². The highest BCUT2D eigenvalue weighted by Crippen LogP contribution is 2.69. The lowest BCUT2D eigenvalue weighted by Gasteiger charge is -2.65.